The van der Waals surface area contributed by atoms with Crippen LogP contribution in [0.25, 0.3) is 0 Å². The maximum absolute atomic E-state index is 14.1. The summed E-state index contributed by atoms with van der Waals surface area (Å²) >= 11 is 1.13. The maximum atomic E-state index is 14.1. The predicted molar refractivity (Wildman–Crippen MR) is 251 cm³/mol. The zero-order chi connectivity index (χ0) is 47.4. The molecular formula is C47H81N7O8S. The Bertz CT molecular complexity index is 1600. The lowest BCUT2D eigenvalue weighted by Crippen LogP contribution is -2.56. The molecule has 1 heterocycles. The molecule has 16 heteroatoms. The highest BCUT2D eigenvalue weighted by Crippen LogP contribution is 2.30. The number of likely N-dealkylation sites (N-methyl/N-ethyl adjacent to an activating group) is 2. The van der Waals surface area contributed by atoms with Crippen LogP contribution in [0.3, 0.4) is 0 Å². The fraction of sp³-hybridized carbons (Fsp3) is 0.745. The second-order valence-corrected chi connectivity index (χ2v) is 18.9. The van der Waals surface area contributed by atoms with Gasteiger partial charge in [0, 0.05) is 44.8 Å². The molecule has 5 N–H and O–H groups in total. The highest BCUT2D eigenvalue weighted by molar-refractivity contribution is 7.98. The fourth-order valence-electron chi connectivity index (χ4n) is 8.32. The Labute approximate surface area is 382 Å². The van der Waals surface area contributed by atoms with Crippen molar-refractivity contribution >= 4 is 53.1 Å². The number of hydrogen-bond donors (Lipinski definition) is 5. The molecule has 358 valence electrons. The van der Waals surface area contributed by atoms with Crippen molar-refractivity contribution in [2.24, 2.45) is 29.6 Å². The minimum absolute atomic E-state index is 0.0403. The summed E-state index contributed by atoms with van der Waals surface area (Å²) < 4.78 is 14.8. The van der Waals surface area contributed by atoms with E-state index in [1.165, 1.54) is 0 Å². The van der Waals surface area contributed by atoms with E-state index in [0.717, 1.165) is 55.4 Å². The van der Waals surface area contributed by atoms with Crippen LogP contribution in [-0.2, 0) is 38.2 Å². The zero-order valence-corrected chi connectivity index (χ0v) is 41.3. The molecule has 1 aromatic rings. The second-order valence-electron chi connectivity index (χ2n) is 18.0. The smallest absolute Gasteiger partial charge is 0.243 e. The van der Waals surface area contributed by atoms with Gasteiger partial charge in [0.25, 0.3) is 0 Å². The SMILES string of the molecule is CCC(C)CCCCC(=O)NC(C(=O)NCC(=O)Nc1ccc(SNC(=O)C(C)C(OC)C2CCCN2C(=O)CC(OC)C(C(C)CC)N(C)C(=O)C(NC)C(C)C)cc1)C(C)C. The van der Waals surface area contributed by atoms with Gasteiger partial charge < -0.3 is 40.5 Å². The highest BCUT2D eigenvalue weighted by Gasteiger charge is 2.42. The molecule has 1 fully saturated rings. The van der Waals surface area contributed by atoms with E-state index >= 15 is 0 Å². The number of carbonyl (C=O) groups excluding carboxylic acids is 6. The van der Waals surface area contributed by atoms with Crippen LogP contribution in [0, 0.1) is 29.6 Å². The molecule has 0 radical (unpaired) electrons. The van der Waals surface area contributed by atoms with Crippen molar-refractivity contribution in [2.45, 2.75) is 161 Å². The minimum Gasteiger partial charge on any atom is -0.379 e. The summed E-state index contributed by atoms with van der Waals surface area (Å²) in [6, 6.07) is 5.16. The van der Waals surface area contributed by atoms with Gasteiger partial charge in [-0.1, -0.05) is 88.0 Å². The maximum Gasteiger partial charge on any atom is 0.243 e. The molecule has 0 aromatic heterocycles. The molecular weight excluding hydrogens is 823 g/mol. The molecule has 0 aliphatic carbocycles. The van der Waals surface area contributed by atoms with E-state index in [9.17, 15) is 28.8 Å². The van der Waals surface area contributed by atoms with E-state index in [2.05, 4.69) is 53.7 Å². The second kappa shape index (κ2) is 28.2. The topological polar surface area (TPSA) is 188 Å². The van der Waals surface area contributed by atoms with Gasteiger partial charge in [0.1, 0.15) is 6.04 Å². The predicted octanol–water partition coefficient (Wildman–Crippen LogP) is 5.78. The number of likely N-dealkylation sites (tertiary alicyclic amines) is 1. The lowest BCUT2D eigenvalue weighted by molar-refractivity contribution is -0.146. The first kappa shape index (κ1) is 55.4. The third kappa shape index (κ3) is 17.3. The highest BCUT2D eigenvalue weighted by atomic mass is 32.2. The molecule has 0 saturated carbocycles. The fourth-order valence-corrected chi connectivity index (χ4v) is 9.00. The Morgan fingerprint density at radius 1 is 0.857 bits per heavy atom. The molecule has 9 unspecified atom stereocenters. The Balaban J connectivity index is 1.97. The number of carbonyl (C=O) groups is 6. The van der Waals surface area contributed by atoms with Crippen molar-refractivity contribution in [3.8, 4) is 0 Å². The summed E-state index contributed by atoms with van der Waals surface area (Å²) in [6.45, 7) is 18.3. The van der Waals surface area contributed by atoms with Gasteiger partial charge in [-0.25, -0.2) is 0 Å². The standard InChI is InChI=1S/C47H81N7O8S/c1-14-31(7)19-16-17-21-38(55)51-41(29(3)4)46(59)49-28-39(56)50-34-22-24-35(25-23-34)63-52-45(58)33(9)44(62-13)36-20-18-26-54(36)40(57)27-37(61-12)43(32(8)15-2)53(11)47(60)42(48-10)30(5)6/h22-25,29-33,36-37,41-44,48H,14-21,26-28H2,1-13H3,(H,49,59)(H,50,56)(H,51,55)(H,52,58). The van der Waals surface area contributed by atoms with Crippen molar-refractivity contribution in [1.29, 1.82) is 0 Å². The first-order chi connectivity index (χ1) is 29.8. The Morgan fingerprint density at radius 2 is 1.51 bits per heavy atom. The lowest BCUT2D eigenvalue weighted by atomic mass is 9.89. The van der Waals surface area contributed by atoms with E-state index in [1.54, 1.807) is 64.4 Å². The van der Waals surface area contributed by atoms with E-state index in [4.69, 9.17) is 9.47 Å². The number of nitrogens with one attached hydrogen (secondary N) is 5. The van der Waals surface area contributed by atoms with Crippen LogP contribution < -0.4 is 26.0 Å². The number of anilines is 1. The van der Waals surface area contributed by atoms with Gasteiger partial charge in [-0.3, -0.25) is 33.5 Å². The Kier molecular flexibility index (Phi) is 24.8. The number of rotatable bonds is 28. The van der Waals surface area contributed by atoms with Crippen molar-refractivity contribution in [1.82, 2.24) is 30.5 Å². The molecule has 9 atom stereocenters. The van der Waals surface area contributed by atoms with E-state index in [-0.39, 0.29) is 72.5 Å². The molecule has 15 nitrogen and oxygen atoms in total. The lowest BCUT2D eigenvalue weighted by Gasteiger charge is -2.40. The van der Waals surface area contributed by atoms with Crippen LogP contribution in [0.4, 0.5) is 5.69 Å². The molecule has 6 amide bonds. The van der Waals surface area contributed by atoms with Crippen LogP contribution in [0.5, 0.6) is 0 Å². The molecule has 1 saturated heterocycles. The number of amides is 6. The summed E-state index contributed by atoms with van der Waals surface area (Å²) in [5.74, 6) is -1.38. The zero-order valence-electron chi connectivity index (χ0n) is 40.5. The van der Waals surface area contributed by atoms with Crippen LogP contribution in [0.1, 0.15) is 120 Å². The average Bonchev–Trinajstić information content (AvgIpc) is 3.75. The summed E-state index contributed by atoms with van der Waals surface area (Å²) in [4.78, 5) is 83.7. The van der Waals surface area contributed by atoms with Crippen molar-refractivity contribution in [3.63, 3.8) is 0 Å². The van der Waals surface area contributed by atoms with Gasteiger partial charge in [-0.05, 0) is 86.2 Å². The van der Waals surface area contributed by atoms with Crippen molar-refractivity contribution < 1.29 is 38.2 Å². The molecule has 2 rings (SSSR count). The molecule has 63 heavy (non-hydrogen) atoms. The number of nitrogens with zero attached hydrogens (tertiary/aromatic N) is 2. The molecule has 0 bridgehead atoms. The number of unbranched alkanes of at least 4 members (excludes halogenated alkanes) is 1. The molecule has 1 aromatic carbocycles. The molecule has 1 aliphatic heterocycles. The third-order valence-corrected chi connectivity index (χ3v) is 13.5. The summed E-state index contributed by atoms with van der Waals surface area (Å²) in [7, 11) is 6.72. The van der Waals surface area contributed by atoms with Crippen molar-refractivity contribution in [3.05, 3.63) is 24.3 Å². The number of benzene rings is 1. The van der Waals surface area contributed by atoms with E-state index in [1.807, 2.05) is 32.6 Å². The Hall–Kier alpha value is -3.73. The van der Waals surface area contributed by atoms with Gasteiger partial charge in [0.05, 0.1) is 49.2 Å². The van der Waals surface area contributed by atoms with Gasteiger partial charge in [0.2, 0.25) is 35.4 Å². The molecule has 0 spiro atoms. The van der Waals surface area contributed by atoms with Crippen LogP contribution in [-0.4, -0.2) is 123 Å². The minimum atomic E-state index is -0.748. The summed E-state index contributed by atoms with van der Waals surface area (Å²) in [5.41, 5.74) is 0.511. The van der Waals surface area contributed by atoms with Gasteiger partial charge >= 0.3 is 0 Å². The van der Waals surface area contributed by atoms with E-state index in [0.29, 0.717) is 31.0 Å². The first-order valence-corrected chi connectivity index (χ1v) is 23.9. The monoisotopic (exact) mass is 904 g/mol. The third-order valence-electron chi connectivity index (χ3n) is 12.6. The van der Waals surface area contributed by atoms with Gasteiger partial charge in [-0.15, -0.1) is 0 Å². The number of hydrogen-bond acceptors (Lipinski definition) is 10. The quantitative estimate of drug-likeness (QED) is 0.0510. The summed E-state index contributed by atoms with van der Waals surface area (Å²) in [5, 5.41) is 11.4. The normalized spacial score (nSPS) is 17.8. The van der Waals surface area contributed by atoms with E-state index < -0.39 is 36.0 Å². The largest absolute Gasteiger partial charge is 0.379 e. The number of methoxy groups -OCH3 is 2. The Morgan fingerprint density at radius 3 is 2.06 bits per heavy atom. The van der Waals surface area contributed by atoms with Crippen molar-refractivity contribution in [2.75, 3.05) is 46.7 Å². The summed E-state index contributed by atoms with van der Waals surface area (Å²) in [6.07, 6.45) is 5.51. The number of ether oxygens (including phenoxy) is 2. The van der Waals surface area contributed by atoms with Crippen LogP contribution in [0.2, 0.25) is 0 Å². The van der Waals surface area contributed by atoms with Gasteiger partial charge in [0.15, 0.2) is 0 Å². The average molecular weight is 904 g/mol. The van der Waals surface area contributed by atoms with Gasteiger partial charge in [-0.2, -0.15) is 0 Å². The van der Waals surface area contributed by atoms with Crippen LogP contribution >= 0.6 is 11.9 Å². The van der Waals surface area contributed by atoms with Crippen LogP contribution in [0.15, 0.2) is 29.2 Å². The molecule has 1 aliphatic rings. The first-order valence-electron chi connectivity index (χ1n) is 23.1.